The Hall–Kier alpha value is -2.22. The molecular weight excluding hydrogens is 296 g/mol. The molecule has 2 atom stereocenters. The number of carbonyl (C=O) groups excluding carboxylic acids is 1. The number of hydrogen-bond acceptors (Lipinski definition) is 5. The fourth-order valence-electron chi connectivity index (χ4n) is 2.94. The average molecular weight is 318 g/mol. The normalized spacial score (nSPS) is 22.0. The van der Waals surface area contributed by atoms with Crippen molar-refractivity contribution in [1.82, 2.24) is 30.5 Å². The number of amides is 1. The second kappa shape index (κ2) is 6.11. The number of H-pyrrole nitrogens is 1. The Morgan fingerprint density at radius 1 is 1.43 bits per heavy atom. The molecule has 8 heteroatoms. The lowest BCUT2D eigenvalue weighted by Crippen LogP contribution is -2.43. The summed E-state index contributed by atoms with van der Waals surface area (Å²) in [5, 5.41) is 27.8. The van der Waals surface area contributed by atoms with E-state index in [1.807, 2.05) is 0 Å². The van der Waals surface area contributed by atoms with E-state index in [1.54, 1.807) is 30.9 Å². The summed E-state index contributed by atoms with van der Waals surface area (Å²) in [6.07, 6.45) is 8.83. The third-order valence-electron chi connectivity index (χ3n) is 4.28. The maximum atomic E-state index is 12.3. The quantitative estimate of drug-likeness (QED) is 0.783. The molecule has 2 heterocycles. The van der Waals surface area contributed by atoms with Crippen LogP contribution in [0.4, 0.5) is 0 Å². The van der Waals surface area contributed by atoms with Gasteiger partial charge >= 0.3 is 0 Å². The molecule has 23 heavy (non-hydrogen) atoms. The van der Waals surface area contributed by atoms with Gasteiger partial charge < -0.3 is 10.4 Å². The summed E-state index contributed by atoms with van der Waals surface area (Å²) in [6.45, 7) is 3.36. The number of carbonyl (C=O) groups is 1. The Kier molecular flexibility index (Phi) is 4.16. The summed E-state index contributed by atoms with van der Waals surface area (Å²) in [4.78, 5) is 12.3. The number of aromatic nitrogens is 5. The zero-order chi connectivity index (χ0) is 16.4. The van der Waals surface area contributed by atoms with Crippen molar-refractivity contribution >= 4 is 5.91 Å². The summed E-state index contributed by atoms with van der Waals surface area (Å²) in [6, 6.07) is 0.0331. The molecule has 1 fully saturated rings. The van der Waals surface area contributed by atoms with Gasteiger partial charge in [0.15, 0.2) is 0 Å². The number of nitrogens with zero attached hydrogens (tertiary/aromatic N) is 4. The van der Waals surface area contributed by atoms with Crippen LogP contribution in [0.2, 0.25) is 0 Å². The van der Waals surface area contributed by atoms with Crippen LogP contribution in [0, 0.1) is 0 Å². The zero-order valence-corrected chi connectivity index (χ0v) is 13.4. The second-order valence-electron chi connectivity index (χ2n) is 6.56. The highest BCUT2D eigenvalue weighted by atomic mass is 16.3. The van der Waals surface area contributed by atoms with E-state index in [0.717, 1.165) is 25.7 Å². The summed E-state index contributed by atoms with van der Waals surface area (Å²) >= 11 is 0. The van der Waals surface area contributed by atoms with E-state index in [4.69, 9.17) is 0 Å². The molecule has 3 N–H and O–H groups in total. The Balaban J connectivity index is 1.76. The molecule has 1 aliphatic rings. The summed E-state index contributed by atoms with van der Waals surface area (Å²) in [5.74, 6) is -0.140. The summed E-state index contributed by atoms with van der Waals surface area (Å²) < 4.78 is 1.77. The maximum absolute atomic E-state index is 12.3. The van der Waals surface area contributed by atoms with Crippen LogP contribution >= 0.6 is 0 Å². The van der Waals surface area contributed by atoms with Crippen molar-refractivity contribution in [3.8, 4) is 0 Å². The Morgan fingerprint density at radius 3 is 2.87 bits per heavy atom. The Bertz CT molecular complexity index is 658. The SMILES string of the molecule is CC(C)(O)c1cn([C@@H]2CCCC[C@@H]2NC(=O)c2cn[nH]c2)nn1. The Labute approximate surface area is 134 Å². The minimum atomic E-state index is -1.03. The zero-order valence-electron chi connectivity index (χ0n) is 13.4. The van der Waals surface area contributed by atoms with Crippen LogP contribution in [0.5, 0.6) is 0 Å². The van der Waals surface area contributed by atoms with Gasteiger partial charge in [0.2, 0.25) is 0 Å². The second-order valence-corrected chi connectivity index (χ2v) is 6.56. The van der Waals surface area contributed by atoms with Gasteiger partial charge in [0.05, 0.1) is 30.0 Å². The standard InChI is InChI=1S/C15H22N6O2/c1-15(2,23)13-9-21(20-19-13)12-6-4-3-5-11(12)18-14(22)10-7-16-17-8-10/h7-9,11-12,23H,3-6H2,1-2H3,(H,16,17)(H,18,22)/t11-,12+/m0/s1. The Morgan fingerprint density at radius 2 is 2.22 bits per heavy atom. The summed E-state index contributed by atoms with van der Waals surface area (Å²) in [7, 11) is 0. The van der Waals surface area contributed by atoms with Gasteiger partial charge in [-0.25, -0.2) is 4.68 Å². The van der Waals surface area contributed by atoms with E-state index in [0.29, 0.717) is 11.3 Å². The first-order valence-electron chi connectivity index (χ1n) is 7.89. The largest absolute Gasteiger partial charge is 0.384 e. The molecule has 2 aromatic heterocycles. The van der Waals surface area contributed by atoms with Gasteiger partial charge in [0.25, 0.3) is 5.91 Å². The molecule has 0 bridgehead atoms. The molecule has 1 aliphatic carbocycles. The fraction of sp³-hybridized carbons (Fsp3) is 0.600. The van der Waals surface area contributed by atoms with E-state index in [9.17, 15) is 9.90 Å². The third kappa shape index (κ3) is 3.42. The van der Waals surface area contributed by atoms with Crippen molar-refractivity contribution in [1.29, 1.82) is 0 Å². The van der Waals surface area contributed by atoms with Gasteiger partial charge in [-0.3, -0.25) is 9.89 Å². The molecular formula is C15H22N6O2. The third-order valence-corrected chi connectivity index (χ3v) is 4.28. The average Bonchev–Trinajstić information content (AvgIpc) is 3.19. The molecule has 0 saturated heterocycles. The number of hydrogen-bond donors (Lipinski definition) is 3. The minimum Gasteiger partial charge on any atom is -0.384 e. The molecule has 124 valence electrons. The van der Waals surface area contributed by atoms with Crippen molar-refractivity contribution in [2.75, 3.05) is 0 Å². The molecule has 0 spiro atoms. The van der Waals surface area contributed by atoms with Crippen LogP contribution in [0.25, 0.3) is 0 Å². The number of nitrogens with one attached hydrogen (secondary N) is 2. The molecule has 2 aromatic rings. The highest BCUT2D eigenvalue weighted by Crippen LogP contribution is 2.29. The van der Waals surface area contributed by atoms with Crippen LogP contribution in [0.1, 0.15) is 61.6 Å². The van der Waals surface area contributed by atoms with Crippen molar-refractivity contribution in [2.24, 2.45) is 0 Å². The van der Waals surface area contributed by atoms with Gasteiger partial charge in [-0.2, -0.15) is 5.10 Å². The lowest BCUT2D eigenvalue weighted by Gasteiger charge is -2.31. The van der Waals surface area contributed by atoms with E-state index in [1.165, 1.54) is 6.20 Å². The van der Waals surface area contributed by atoms with Gasteiger partial charge in [0, 0.05) is 6.20 Å². The fourth-order valence-corrected chi connectivity index (χ4v) is 2.94. The van der Waals surface area contributed by atoms with E-state index < -0.39 is 5.60 Å². The van der Waals surface area contributed by atoms with Gasteiger partial charge in [-0.15, -0.1) is 5.10 Å². The van der Waals surface area contributed by atoms with E-state index in [2.05, 4.69) is 25.8 Å². The lowest BCUT2D eigenvalue weighted by molar-refractivity contribution is 0.0736. The molecule has 0 aromatic carbocycles. The molecule has 8 nitrogen and oxygen atoms in total. The molecule has 3 rings (SSSR count). The van der Waals surface area contributed by atoms with Crippen LogP contribution in [0.3, 0.4) is 0 Å². The molecule has 1 saturated carbocycles. The minimum absolute atomic E-state index is 0.0116. The first-order valence-corrected chi connectivity index (χ1v) is 7.89. The molecule has 0 aliphatic heterocycles. The van der Waals surface area contributed by atoms with Crippen LogP contribution in [-0.2, 0) is 5.60 Å². The van der Waals surface area contributed by atoms with Crippen LogP contribution in [-0.4, -0.2) is 42.2 Å². The lowest BCUT2D eigenvalue weighted by atomic mass is 9.90. The number of rotatable bonds is 4. The number of aliphatic hydroxyl groups is 1. The molecule has 0 unspecified atom stereocenters. The first-order chi connectivity index (χ1) is 10.9. The maximum Gasteiger partial charge on any atom is 0.254 e. The molecule has 0 radical (unpaired) electrons. The van der Waals surface area contributed by atoms with Gasteiger partial charge in [-0.1, -0.05) is 18.1 Å². The van der Waals surface area contributed by atoms with Crippen molar-refractivity contribution in [2.45, 2.75) is 57.2 Å². The van der Waals surface area contributed by atoms with Crippen molar-refractivity contribution < 1.29 is 9.90 Å². The predicted octanol–water partition coefficient (Wildman–Crippen LogP) is 1.14. The first kappa shape index (κ1) is 15.7. The van der Waals surface area contributed by atoms with Gasteiger partial charge in [-0.05, 0) is 26.7 Å². The molecule has 1 amide bonds. The summed E-state index contributed by atoms with van der Waals surface area (Å²) in [5.41, 5.74) is 0.0238. The number of aromatic amines is 1. The monoisotopic (exact) mass is 318 g/mol. The van der Waals surface area contributed by atoms with Crippen molar-refractivity contribution in [3.63, 3.8) is 0 Å². The van der Waals surface area contributed by atoms with Crippen LogP contribution in [0.15, 0.2) is 18.6 Å². The topological polar surface area (TPSA) is 109 Å². The highest BCUT2D eigenvalue weighted by Gasteiger charge is 2.30. The predicted molar refractivity (Wildman–Crippen MR) is 82.6 cm³/mol. The van der Waals surface area contributed by atoms with E-state index in [-0.39, 0.29) is 18.0 Å². The van der Waals surface area contributed by atoms with E-state index >= 15 is 0 Å². The highest BCUT2D eigenvalue weighted by molar-refractivity contribution is 5.93. The van der Waals surface area contributed by atoms with Gasteiger partial charge in [0.1, 0.15) is 11.3 Å². The van der Waals surface area contributed by atoms with Crippen molar-refractivity contribution in [3.05, 3.63) is 29.8 Å². The smallest absolute Gasteiger partial charge is 0.254 e. The van der Waals surface area contributed by atoms with Crippen LogP contribution < -0.4 is 5.32 Å².